The average Bonchev–Trinajstić information content (AvgIpc) is 2.86. The normalized spacial score (nSPS) is 10.7. The van der Waals surface area contributed by atoms with Crippen LogP contribution in [0.3, 0.4) is 0 Å². The van der Waals surface area contributed by atoms with E-state index < -0.39 is 5.97 Å². The average molecular weight is 392 g/mol. The fourth-order valence-corrected chi connectivity index (χ4v) is 3.06. The summed E-state index contributed by atoms with van der Waals surface area (Å²) in [5, 5.41) is 14.4. The zero-order valence-corrected chi connectivity index (χ0v) is 14.3. The van der Waals surface area contributed by atoms with Gasteiger partial charge in [0, 0.05) is 16.1 Å². The lowest BCUT2D eigenvalue weighted by atomic mass is 10.1. The predicted octanol–water partition coefficient (Wildman–Crippen LogP) is 4.58. The van der Waals surface area contributed by atoms with Gasteiger partial charge in [0.2, 0.25) is 0 Å². The first-order valence-corrected chi connectivity index (χ1v) is 8.04. The molecule has 0 fully saturated rings. The molecule has 6 heteroatoms. The molecule has 0 bridgehead atoms. The van der Waals surface area contributed by atoms with E-state index in [1.807, 2.05) is 42.5 Å². The Morgan fingerprint density at radius 1 is 1.13 bits per heavy atom. The third-order valence-electron chi connectivity index (χ3n) is 3.37. The largest absolute Gasteiger partial charge is 0.481 e. The number of hydrogen-bond donors (Lipinski definition) is 1. The van der Waals surface area contributed by atoms with E-state index in [4.69, 9.17) is 11.6 Å². The molecule has 0 atom stereocenters. The van der Waals surface area contributed by atoms with Crippen LogP contribution in [0, 0.1) is 0 Å². The van der Waals surface area contributed by atoms with E-state index in [0.29, 0.717) is 20.9 Å². The minimum Gasteiger partial charge on any atom is -0.481 e. The molecule has 1 aromatic heterocycles. The van der Waals surface area contributed by atoms with Crippen LogP contribution in [0.5, 0.6) is 0 Å². The van der Waals surface area contributed by atoms with Crippen molar-refractivity contribution in [3.63, 3.8) is 0 Å². The minimum absolute atomic E-state index is 0.120. The van der Waals surface area contributed by atoms with Crippen LogP contribution in [0.25, 0.3) is 16.9 Å². The first-order chi connectivity index (χ1) is 11.1. The zero-order valence-electron chi connectivity index (χ0n) is 11.9. The molecule has 3 aromatic rings. The molecular weight excluding hydrogens is 380 g/mol. The van der Waals surface area contributed by atoms with Gasteiger partial charge >= 0.3 is 5.97 Å². The molecule has 23 heavy (non-hydrogen) atoms. The molecule has 1 N–H and O–H groups in total. The van der Waals surface area contributed by atoms with Gasteiger partial charge in [0.1, 0.15) is 4.60 Å². The molecule has 3 rings (SSSR count). The molecule has 1 heterocycles. The van der Waals surface area contributed by atoms with Crippen LogP contribution < -0.4 is 0 Å². The van der Waals surface area contributed by atoms with Crippen molar-refractivity contribution >= 4 is 33.5 Å². The molecule has 0 aliphatic carbocycles. The van der Waals surface area contributed by atoms with E-state index in [1.165, 1.54) is 0 Å². The monoisotopic (exact) mass is 390 g/mol. The number of aliphatic carboxylic acids is 1. The Kier molecular flexibility index (Phi) is 4.50. The van der Waals surface area contributed by atoms with Crippen molar-refractivity contribution in [2.75, 3.05) is 0 Å². The fourth-order valence-electron chi connectivity index (χ4n) is 2.32. The van der Waals surface area contributed by atoms with Gasteiger partial charge in [-0.1, -0.05) is 41.9 Å². The van der Waals surface area contributed by atoms with Gasteiger partial charge in [-0.05, 0) is 40.2 Å². The number of nitrogens with zero attached hydrogens (tertiary/aromatic N) is 2. The van der Waals surface area contributed by atoms with Crippen molar-refractivity contribution in [1.82, 2.24) is 9.78 Å². The maximum Gasteiger partial charge on any atom is 0.308 e. The first kappa shape index (κ1) is 15.8. The van der Waals surface area contributed by atoms with Crippen molar-refractivity contribution in [3.05, 3.63) is 69.8 Å². The zero-order chi connectivity index (χ0) is 16.4. The van der Waals surface area contributed by atoms with Gasteiger partial charge in [0.15, 0.2) is 0 Å². The lowest BCUT2D eigenvalue weighted by molar-refractivity contribution is -0.136. The summed E-state index contributed by atoms with van der Waals surface area (Å²) in [6, 6.07) is 16.7. The number of halogens is 2. The number of carboxylic acid groups (broad SMARTS) is 1. The Labute approximate surface area is 146 Å². The Bertz CT molecular complexity index is 845. The maximum absolute atomic E-state index is 11.2. The molecule has 116 valence electrons. The highest BCUT2D eigenvalue weighted by Gasteiger charge is 2.20. The Morgan fingerprint density at radius 3 is 2.39 bits per heavy atom. The van der Waals surface area contributed by atoms with Gasteiger partial charge < -0.3 is 5.11 Å². The molecule has 2 aromatic carbocycles. The summed E-state index contributed by atoms with van der Waals surface area (Å²) < 4.78 is 2.33. The standard InChI is InChI=1S/C17H12BrClN2O2/c18-17-14(10-15(22)23)16(11-6-8-12(19)9-7-11)20-21(17)13-4-2-1-3-5-13/h1-9H,10H2,(H,22,23). The van der Waals surface area contributed by atoms with Gasteiger partial charge in [0.25, 0.3) is 0 Å². The second kappa shape index (κ2) is 6.56. The number of carbonyl (C=O) groups is 1. The summed E-state index contributed by atoms with van der Waals surface area (Å²) in [5.41, 5.74) is 2.93. The summed E-state index contributed by atoms with van der Waals surface area (Å²) in [4.78, 5) is 11.2. The number of benzene rings is 2. The Hall–Kier alpha value is -2.11. The second-order valence-corrected chi connectivity index (χ2v) is 6.13. The van der Waals surface area contributed by atoms with E-state index in [2.05, 4.69) is 21.0 Å². The third-order valence-corrected chi connectivity index (χ3v) is 4.43. The molecule has 0 aliphatic heterocycles. The van der Waals surface area contributed by atoms with Crippen LogP contribution in [0.4, 0.5) is 0 Å². The van der Waals surface area contributed by atoms with Crippen LogP contribution >= 0.6 is 27.5 Å². The lowest BCUT2D eigenvalue weighted by Gasteiger charge is -2.02. The molecule has 0 saturated heterocycles. The molecular formula is C17H12BrClN2O2. The predicted molar refractivity (Wildman–Crippen MR) is 93.0 cm³/mol. The van der Waals surface area contributed by atoms with Crippen LogP contribution in [0.2, 0.25) is 5.02 Å². The SMILES string of the molecule is O=C(O)Cc1c(-c2ccc(Cl)cc2)nn(-c2ccccc2)c1Br. The molecule has 0 unspecified atom stereocenters. The summed E-state index contributed by atoms with van der Waals surface area (Å²) in [6.07, 6.45) is -0.120. The summed E-state index contributed by atoms with van der Waals surface area (Å²) in [5.74, 6) is -0.909. The summed E-state index contributed by atoms with van der Waals surface area (Å²) in [6.45, 7) is 0. The number of aromatic nitrogens is 2. The van der Waals surface area contributed by atoms with Crippen LogP contribution in [-0.4, -0.2) is 20.9 Å². The molecule has 0 saturated carbocycles. The smallest absolute Gasteiger partial charge is 0.308 e. The first-order valence-electron chi connectivity index (χ1n) is 6.87. The fraction of sp³-hybridized carbons (Fsp3) is 0.0588. The topological polar surface area (TPSA) is 55.1 Å². The summed E-state index contributed by atoms with van der Waals surface area (Å²) in [7, 11) is 0. The second-order valence-electron chi connectivity index (χ2n) is 4.94. The highest BCUT2D eigenvalue weighted by Crippen LogP contribution is 2.32. The van der Waals surface area contributed by atoms with Gasteiger partial charge in [-0.25, -0.2) is 4.68 Å². The molecule has 0 aliphatic rings. The highest BCUT2D eigenvalue weighted by atomic mass is 79.9. The van der Waals surface area contributed by atoms with E-state index in [0.717, 1.165) is 11.3 Å². The van der Waals surface area contributed by atoms with Gasteiger partial charge in [-0.2, -0.15) is 5.10 Å². The molecule has 0 amide bonds. The van der Waals surface area contributed by atoms with Crippen LogP contribution in [0.1, 0.15) is 5.56 Å². The van der Waals surface area contributed by atoms with Gasteiger partial charge in [-0.15, -0.1) is 0 Å². The third kappa shape index (κ3) is 3.30. The van der Waals surface area contributed by atoms with E-state index in [-0.39, 0.29) is 6.42 Å². The lowest BCUT2D eigenvalue weighted by Crippen LogP contribution is -2.01. The van der Waals surface area contributed by atoms with Crippen LogP contribution in [0.15, 0.2) is 59.2 Å². The quantitative estimate of drug-likeness (QED) is 0.708. The van der Waals surface area contributed by atoms with E-state index >= 15 is 0 Å². The van der Waals surface area contributed by atoms with Crippen molar-refractivity contribution in [2.24, 2.45) is 0 Å². The van der Waals surface area contributed by atoms with Crippen LogP contribution in [-0.2, 0) is 11.2 Å². The van der Waals surface area contributed by atoms with Crippen molar-refractivity contribution in [2.45, 2.75) is 6.42 Å². The van der Waals surface area contributed by atoms with Gasteiger partial charge in [-0.3, -0.25) is 4.79 Å². The minimum atomic E-state index is -0.909. The van der Waals surface area contributed by atoms with Crippen molar-refractivity contribution in [3.8, 4) is 16.9 Å². The van der Waals surface area contributed by atoms with Crippen molar-refractivity contribution in [1.29, 1.82) is 0 Å². The Balaban J connectivity index is 2.17. The number of rotatable bonds is 4. The number of para-hydroxylation sites is 1. The molecule has 4 nitrogen and oxygen atoms in total. The van der Waals surface area contributed by atoms with Gasteiger partial charge in [0.05, 0.1) is 17.8 Å². The maximum atomic E-state index is 11.2. The molecule has 0 spiro atoms. The number of hydrogen-bond acceptors (Lipinski definition) is 2. The summed E-state index contributed by atoms with van der Waals surface area (Å²) >= 11 is 9.42. The van der Waals surface area contributed by atoms with E-state index in [9.17, 15) is 9.90 Å². The number of carboxylic acids is 1. The Morgan fingerprint density at radius 2 is 1.78 bits per heavy atom. The van der Waals surface area contributed by atoms with Crippen molar-refractivity contribution < 1.29 is 9.90 Å². The van der Waals surface area contributed by atoms with E-state index in [1.54, 1.807) is 16.8 Å². The molecule has 0 radical (unpaired) electrons. The highest BCUT2D eigenvalue weighted by molar-refractivity contribution is 9.10.